The average Bonchev–Trinajstić information content (AvgIpc) is 2.89. The molecule has 130 valence electrons. The van der Waals surface area contributed by atoms with Crippen LogP contribution in [0.4, 0.5) is 4.79 Å². The molecule has 2 unspecified atom stereocenters. The highest BCUT2D eigenvalue weighted by molar-refractivity contribution is 5.80. The van der Waals surface area contributed by atoms with Crippen molar-refractivity contribution in [3.05, 3.63) is 12.7 Å². The number of rotatable bonds is 3. The van der Waals surface area contributed by atoms with Crippen LogP contribution in [0.5, 0.6) is 0 Å². The molecule has 0 saturated carbocycles. The van der Waals surface area contributed by atoms with Gasteiger partial charge in [0.25, 0.3) is 0 Å². The molecule has 6 heteroatoms. The third-order valence-electron chi connectivity index (χ3n) is 4.23. The van der Waals surface area contributed by atoms with Crippen molar-refractivity contribution in [3.63, 3.8) is 0 Å². The van der Waals surface area contributed by atoms with Gasteiger partial charge in [-0.3, -0.25) is 9.69 Å². The fourth-order valence-corrected chi connectivity index (χ4v) is 3.29. The van der Waals surface area contributed by atoms with E-state index in [9.17, 15) is 9.59 Å². The summed E-state index contributed by atoms with van der Waals surface area (Å²) in [5.74, 6) is -0.0634. The van der Waals surface area contributed by atoms with Gasteiger partial charge in [-0.1, -0.05) is 6.08 Å². The molecular weight excluding hydrogens is 296 g/mol. The van der Waals surface area contributed by atoms with Crippen LogP contribution in [0.25, 0.3) is 0 Å². The number of ether oxygens (including phenoxy) is 2. The van der Waals surface area contributed by atoms with Crippen LogP contribution in [0.2, 0.25) is 0 Å². The maximum absolute atomic E-state index is 12.7. The molecule has 2 saturated heterocycles. The Kier molecular flexibility index (Phi) is 4.76. The average molecular weight is 324 g/mol. The zero-order chi connectivity index (χ0) is 17.4. The Balaban J connectivity index is 2.23. The lowest BCUT2D eigenvalue weighted by molar-refractivity contribution is -0.123. The summed E-state index contributed by atoms with van der Waals surface area (Å²) < 4.78 is 11.5. The van der Waals surface area contributed by atoms with Crippen LogP contribution < -0.4 is 5.32 Å². The van der Waals surface area contributed by atoms with Crippen LogP contribution >= 0.6 is 0 Å². The quantitative estimate of drug-likeness (QED) is 0.810. The number of nitrogens with zero attached hydrogens (tertiary/aromatic N) is 1. The van der Waals surface area contributed by atoms with Gasteiger partial charge in [-0.15, -0.1) is 6.58 Å². The molecule has 3 atom stereocenters. The highest BCUT2D eigenvalue weighted by Crippen LogP contribution is 2.37. The molecule has 0 aromatic carbocycles. The number of carbonyl (C=O) groups excluding carboxylic acids is 2. The van der Waals surface area contributed by atoms with Crippen LogP contribution in [-0.4, -0.2) is 46.9 Å². The monoisotopic (exact) mass is 324 g/mol. The molecule has 0 aromatic rings. The van der Waals surface area contributed by atoms with Crippen LogP contribution in [0, 0.1) is 5.92 Å². The fraction of sp³-hybridized carbons (Fsp3) is 0.765. The van der Waals surface area contributed by atoms with Crippen molar-refractivity contribution in [2.75, 3.05) is 6.54 Å². The first-order valence-corrected chi connectivity index (χ1v) is 8.15. The van der Waals surface area contributed by atoms with Gasteiger partial charge in [-0.25, -0.2) is 4.79 Å². The van der Waals surface area contributed by atoms with Crippen molar-refractivity contribution in [3.8, 4) is 0 Å². The molecule has 23 heavy (non-hydrogen) atoms. The molecule has 2 aliphatic heterocycles. The maximum atomic E-state index is 12.7. The summed E-state index contributed by atoms with van der Waals surface area (Å²) in [4.78, 5) is 26.2. The number of hydrogen-bond acceptors (Lipinski definition) is 4. The Hall–Kier alpha value is -1.56. The van der Waals surface area contributed by atoms with Gasteiger partial charge >= 0.3 is 6.09 Å². The first kappa shape index (κ1) is 17.8. The van der Waals surface area contributed by atoms with Crippen LogP contribution in [0.3, 0.4) is 0 Å². The van der Waals surface area contributed by atoms with Gasteiger partial charge in [0.1, 0.15) is 11.3 Å². The predicted octanol–water partition coefficient (Wildman–Crippen LogP) is 2.44. The van der Waals surface area contributed by atoms with Gasteiger partial charge in [-0.2, -0.15) is 0 Å². The van der Waals surface area contributed by atoms with E-state index in [1.807, 2.05) is 34.6 Å². The van der Waals surface area contributed by atoms with E-state index in [4.69, 9.17) is 9.47 Å². The molecule has 0 aromatic heterocycles. The van der Waals surface area contributed by atoms with Crippen molar-refractivity contribution < 1.29 is 19.1 Å². The predicted molar refractivity (Wildman–Crippen MR) is 86.7 cm³/mol. The highest BCUT2D eigenvalue weighted by atomic mass is 16.6. The van der Waals surface area contributed by atoms with Crippen LogP contribution in [-0.2, 0) is 14.3 Å². The third-order valence-corrected chi connectivity index (χ3v) is 4.23. The molecule has 0 bridgehead atoms. The summed E-state index contributed by atoms with van der Waals surface area (Å²) >= 11 is 0. The third kappa shape index (κ3) is 3.86. The van der Waals surface area contributed by atoms with Gasteiger partial charge < -0.3 is 14.8 Å². The van der Waals surface area contributed by atoms with Crippen molar-refractivity contribution >= 4 is 12.0 Å². The molecule has 2 fully saturated rings. The van der Waals surface area contributed by atoms with Gasteiger partial charge in [0.15, 0.2) is 0 Å². The first-order chi connectivity index (χ1) is 10.5. The van der Waals surface area contributed by atoms with Crippen molar-refractivity contribution in [2.24, 2.45) is 5.92 Å². The zero-order valence-corrected chi connectivity index (χ0v) is 14.7. The maximum Gasteiger partial charge on any atom is 0.412 e. The van der Waals surface area contributed by atoms with E-state index < -0.39 is 17.4 Å². The summed E-state index contributed by atoms with van der Waals surface area (Å²) in [5.41, 5.74) is -1.39. The van der Waals surface area contributed by atoms with Crippen LogP contribution in [0.1, 0.15) is 47.5 Å². The number of nitrogens with one attached hydrogen (secondary N) is 1. The Labute approximate surface area is 138 Å². The standard InChI is InChI=1S/C17H28N2O4/c1-7-13-12(10-11-8-9-18-14(11)20)19(17(5,6)22-13)15(21)23-16(2,3)4/h7,11-13H,1,8-10H2,2-6H3,(H,18,20)/t11-,12?,13?/m0/s1. The second-order valence-electron chi connectivity index (χ2n) is 7.69. The van der Waals surface area contributed by atoms with E-state index in [-0.39, 0.29) is 24.0 Å². The Morgan fingerprint density at radius 3 is 2.65 bits per heavy atom. The summed E-state index contributed by atoms with van der Waals surface area (Å²) in [6, 6.07) is -0.258. The van der Waals surface area contributed by atoms with E-state index in [0.29, 0.717) is 13.0 Å². The minimum Gasteiger partial charge on any atom is -0.444 e. The van der Waals surface area contributed by atoms with Gasteiger partial charge in [-0.05, 0) is 47.5 Å². The van der Waals surface area contributed by atoms with Crippen molar-refractivity contribution in [1.82, 2.24) is 10.2 Å². The normalized spacial score (nSPS) is 30.2. The van der Waals surface area contributed by atoms with Gasteiger partial charge in [0.05, 0.1) is 12.1 Å². The smallest absolute Gasteiger partial charge is 0.412 e. The van der Waals surface area contributed by atoms with Crippen molar-refractivity contribution in [2.45, 2.75) is 70.9 Å². The molecule has 0 aliphatic carbocycles. The van der Waals surface area contributed by atoms with Gasteiger partial charge in [0.2, 0.25) is 5.91 Å². The summed E-state index contributed by atoms with van der Waals surface area (Å²) in [5, 5.41) is 2.84. The highest BCUT2D eigenvalue weighted by Gasteiger charge is 2.51. The van der Waals surface area contributed by atoms with E-state index in [1.165, 1.54) is 0 Å². The minimum absolute atomic E-state index is 0.0432. The molecule has 6 nitrogen and oxygen atoms in total. The number of hydrogen-bond donors (Lipinski definition) is 1. The Morgan fingerprint density at radius 1 is 1.52 bits per heavy atom. The lowest BCUT2D eigenvalue weighted by Gasteiger charge is -2.35. The summed E-state index contributed by atoms with van der Waals surface area (Å²) in [6.07, 6.45) is 2.29. The zero-order valence-electron chi connectivity index (χ0n) is 14.7. The Morgan fingerprint density at radius 2 is 2.17 bits per heavy atom. The van der Waals surface area contributed by atoms with E-state index >= 15 is 0 Å². The second-order valence-corrected chi connectivity index (χ2v) is 7.69. The summed E-state index contributed by atoms with van der Waals surface area (Å²) in [6.45, 7) is 13.7. The number of carbonyl (C=O) groups is 2. The Bertz CT molecular complexity index is 495. The molecule has 1 N–H and O–H groups in total. The largest absolute Gasteiger partial charge is 0.444 e. The van der Waals surface area contributed by atoms with E-state index in [0.717, 1.165) is 6.42 Å². The van der Waals surface area contributed by atoms with Gasteiger partial charge in [0, 0.05) is 12.5 Å². The number of amides is 2. The molecular formula is C17H28N2O4. The van der Waals surface area contributed by atoms with E-state index in [2.05, 4.69) is 11.9 Å². The summed E-state index contributed by atoms with van der Waals surface area (Å²) in [7, 11) is 0. The molecule has 2 amide bonds. The van der Waals surface area contributed by atoms with E-state index in [1.54, 1.807) is 11.0 Å². The topological polar surface area (TPSA) is 67.9 Å². The minimum atomic E-state index is -0.805. The molecule has 0 radical (unpaired) electrons. The lowest BCUT2D eigenvalue weighted by Crippen LogP contribution is -2.51. The molecule has 0 spiro atoms. The SMILES string of the molecule is C=CC1OC(C)(C)N(C(=O)OC(C)(C)C)C1C[C@@H]1CCNC1=O. The second kappa shape index (κ2) is 6.15. The van der Waals surface area contributed by atoms with Crippen molar-refractivity contribution in [1.29, 1.82) is 0 Å². The van der Waals surface area contributed by atoms with Crippen LogP contribution in [0.15, 0.2) is 12.7 Å². The lowest BCUT2D eigenvalue weighted by atomic mass is 9.94. The first-order valence-electron chi connectivity index (χ1n) is 8.15. The fourth-order valence-electron chi connectivity index (χ4n) is 3.29. The molecule has 2 aliphatic rings. The molecule has 2 rings (SSSR count). The molecule has 2 heterocycles.